The quantitative estimate of drug-likeness (QED) is 0.865. The predicted octanol–water partition coefficient (Wildman–Crippen LogP) is 3.06. The van der Waals surface area contributed by atoms with Gasteiger partial charge in [0.1, 0.15) is 0 Å². The van der Waals surface area contributed by atoms with Gasteiger partial charge in [0.05, 0.1) is 0 Å². The van der Waals surface area contributed by atoms with E-state index >= 15 is 0 Å². The summed E-state index contributed by atoms with van der Waals surface area (Å²) < 4.78 is 0. The zero-order valence-electron chi connectivity index (χ0n) is 11.4. The molecular formula is C16H18ClN3. The van der Waals surface area contributed by atoms with Gasteiger partial charge < -0.3 is 4.90 Å². The molecule has 104 valence electrons. The summed E-state index contributed by atoms with van der Waals surface area (Å²) in [6, 6.07) is 12.3. The Morgan fingerprint density at radius 3 is 2.20 bits per heavy atom. The first-order valence-corrected chi connectivity index (χ1v) is 7.31. The van der Waals surface area contributed by atoms with Crippen molar-refractivity contribution in [3.05, 3.63) is 59.4 Å². The van der Waals surface area contributed by atoms with E-state index in [4.69, 9.17) is 11.6 Å². The van der Waals surface area contributed by atoms with Crippen molar-refractivity contribution in [2.45, 2.75) is 6.54 Å². The molecule has 4 heteroatoms. The number of halogens is 1. The van der Waals surface area contributed by atoms with Crippen LogP contribution in [0.5, 0.6) is 0 Å². The van der Waals surface area contributed by atoms with Crippen molar-refractivity contribution >= 4 is 17.3 Å². The van der Waals surface area contributed by atoms with Gasteiger partial charge in [0.15, 0.2) is 0 Å². The summed E-state index contributed by atoms with van der Waals surface area (Å²) in [6.45, 7) is 5.31. The van der Waals surface area contributed by atoms with E-state index in [0.717, 1.165) is 37.7 Å². The summed E-state index contributed by atoms with van der Waals surface area (Å²) in [6.07, 6.45) is 3.72. The number of pyridine rings is 1. The molecular weight excluding hydrogens is 270 g/mol. The van der Waals surface area contributed by atoms with Crippen LogP contribution in [0.25, 0.3) is 0 Å². The van der Waals surface area contributed by atoms with Crippen LogP contribution >= 0.6 is 11.6 Å². The molecule has 20 heavy (non-hydrogen) atoms. The first-order chi connectivity index (χ1) is 9.81. The second-order valence-electron chi connectivity index (χ2n) is 5.10. The molecule has 2 heterocycles. The highest BCUT2D eigenvalue weighted by molar-refractivity contribution is 6.30. The average molecular weight is 288 g/mol. The van der Waals surface area contributed by atoms with Crippen molar-refractivity contribution in [1.82, 2.24) is 9.88 Å². The van der Waals surface area contributed by atoms with Gasteiger partial charge in [-0.15, -0.1) is 0 Å². The highest BCUT2D eigenvalue weighted by Crippen LogP contribution is 2.19. The second-order valence-corrected chi connectivity index (χ2v) is 5.53. The van der Waals surface area contributed by atoms with Crippen LogP contribution in [0.2, 0.25) is 5.02 Å². The average Bonchev–Trinajstić information content (AvgIpc) is 2.50. The first kappa shape index (κ1) is 13.4. The van der Waals surface area contributed by atoms with Gasteiger partial charge in [0, 0.05) is 55.8 Å². The van der Waals surface area contributed by atoms with Gasteiger partial charge in [0.25, 0.3) is 0 Å². The maximum atomic E-state index is 5.93. The Kier molecular flexibility index (Phi) is 4.19. The van der Waals surface area contributed by atoms with Gasteiger partial charge in [0.2, 0.25) is 0 Å². The number of hydrogen-bond donors (Lipinski definition) is 0. The van der Waals surface area contributed by atoms with Gasteiger partial charge >= 0.3 is 0 Å². The van der Waals surface area contributed by atoms with Crippen LogP contribution in [0.15, 0.2) is 48.8 Å². The fourth-order valence-electron chi connectivity index (χ4n) is 2.56. The maximum absolute atomic E-state index is 5.93. The smallest absolute Gasteiger partial charge is 0.0407 e. The monoisotopic (exact) mass is 287 g/mol. The minimum absolute atomic E-state index is 0.796. The van der Waals surface area contributed by atoms with Crippen LogP contribution in [0.4, 0.5) is 5.69 Å². The van der Waals surface area contributed by atoms with Crippen molar-refractivity contribution in [1.29, 1.82) is 0 Å². The van der Waals surface area contributed by atoms with Gasteiger partial charge in [-0.2, -0.15) is 0 Å². The minimum Gasteiger partial charge on any atom is -0.369 e. The highest BCUT2D eigenvalue weighted by atomic mass is 35.5. The van der Waals surface area contributed by atoms with E-state index in [0.29, 0.717) is 0 Å². The molecule has 1 aromatic carbocycles. The first-order valence-electron chi connectivity index (χ1n) is 6.93. The molecule has 0 atom stereocenters. The van der Waals surface area contributed by atoms with E-state index in [1.807, 2.05) is 24.5 Å². The molecule has 0 unspecified atom stereocenters. The summed E-state index contributed by atoms with van der Waals surface area (Å²) >= 11 is 5.93. The molecule has 1 aromatic heterocycles. The molecule has 1 aliphatic heterocycles. The van der Waals surface area contributed by atoms with Crippen LogP contribution in [0.3, 0.4) is 0 Å². The third-order valence-electron chi connectivity index (χ3n) is 3.72. The molecule has 2 aromatic rings. The van der Waals surface area contributed by atoms with Crippen LogP contribution in [-0.2, 0) is 6.54 Å². The van der Waals surface area contributed by atoms with Crippen molar-refractivity contribution in [2.24, 2.45) is 0 Å². The van der Waals surface area contributed by atoms with Gasteiger partial charge in [-0.25, -0.2) is 0 Å². The molecule has 1 aliphatic rings. The second kappa shape index (κ2) is 6.25. The van der Waals surface area contributed by atoms with E-state index in [9.17, 15) is 0 Å². The molecule has 0 saturated carbocycles. The number of anilines is 1. The zero-order valence-corrected chi connectivity index (χ0v) is 12.1. The summed E-state index contributed by atoms with van der Waals surface area (Å²) in [4.78, 5) is 8.96. The minimum atomic E-state index is 0.796. The number of hydrogen-bond acceptors (Lipinski definition) is 3. The molecule has 3 nitrogen and oxygen atoms in total. The van der Waals surface area contributed by atoms with E-state index in [1.165, 1.54) is 11.3 Å². The van der Waals surface area contributed by atoms with Crippen LogP contribution in [0, 0.1) is 0 Å². The standard InChI is InChI=1S/C16H18ClN3/c17-15-1-3-16(4-2-15)20-11-9-19(10-12-20)13-14-5-7-18-8-6-14/h1-8H,9-13H2. The Bertz CT molecular complexity index is 533. The highest BCUT2D eigenvalue weighted by Gasteiger charge is 2.17. The molecule has 0 spiro atoms. The van der Waals surface area contributed by atoms with Crippen molar-refractivity contribution < 1.29 is 0 Å². The lowest BCUT2D eigenvalue weighted by Crippen LogP contribution is -2.45. The SMILES string of the molecule is Clc1ccc(N2CCN(Cc3ccncc3)CC2)cc1. The van der Waals surface area contributed by atoms with E-state index in [2.05, 4.69) is 39.0 Å². The van der Waals surface area contributed by atoms with Gasteiger partial charge in [-0.3, -0.25) is 9.88 Å². The van der Waals surface area contributed by atoms with Gasteiger partial charge in [-0.05, 0) is 42.0 Å². The van der Waals surface area contributed by atoms with Crippen LogP contribution < -0.4 is 4.90 Å². The topological polar surface area (TPSA) is 19.4 Å². The fourth-order valence-corrected chi connectivity index (χ4v) is 2.69. The maximum Gasteiger partial charge on any atom is 0.0407 e. The lowest BCUT2D eigenvalue weighted by molar-refractivity contribution is 0.250. The molecule has 0 aliphatic carbocycles. The molecule has 1 fully saturated rings. The Morgan fingerprint density at radius 1 is 0.900 bits per heavy atom. The molecule has 0 bridgehead atoms. The molecule has 3 rings (SSSR count). The molecule has 0 radical (unpaired) electrons. The van der Waals surface area contributed by atoms with Gasteiger partial charge in [-0.1, -0.05) is 11.6 Å². The summed E-state index contributed by atoms with van der Waals surface area (Å²) in [5.41, 5.74) is 2.60. The Labute approximate surface area is 124 Å². The molecule has 0 amide bonds. The Hall–Kier alpha value is -1.58. The predicted molar refractivity (Wildman–Crippen MR) is 83.2 cm³/mol. The summed E-state index contributed by atoms with van der Waals surface area (Å²) in [7, 11) is 0. The van der Waals surface area contributed by atoms with Crippen molar-refractivity contribution in [3.8, 4) is 0 Å². The Balaban J connectivity index is 1.55. The number of benzene rings is 1. The van der Waals surface area contributed by atoms with Crippen LogP contribution in [0.1, 0.15) is 5.56 Å². The lowest BCUT2D eigenvalue weighted by atomic mass is 10.2. The van der Waals surface area contributed by atoms with E-state index in [-0.39, 0.29) is 0 Å². The fraction of sp³-hybridized carbons (Fsp3) is 0.312. The van der Waals surface area contributed by atoms with E-state index in [1.54, 1.807) is 0 Å². The lowest BCUT2D eigenvalue weighted by Gasteiger charge is -2.36. The number of nitrogens with zero attached hydrogens (tertiary/aromatic N) is 3. The van der Waals surface area contributed by atoms with Crippen LogP contribution in [-0.4, -0.2) is 36.1 Å². The summed E-state index contributed by atoms with van der Waals surface area (Å²) in [5, 5.41) is 0.796. The normalized spacial score (nSPS) is 16.4. The number of aromatic nitrogens is 1. The Morgan fingerprint density at radius 2 is 1.55 bits per heavy atom. The van der Waals surface area contributed by atoms with Crippen molar-refractivity contribution in [3.63, 3.8) is 0 Å². The summed E-state index contributed by atoms with van der Waals surface area (Å²) in [5.74, 6) is 0. The number of rotatable bonds is 3. The van der Waals surface area contributed by atoms with Crippen molar-refractivity contribution in [2.75, 3.05) is 31.1 Å². The number of piperazine rings is 1. The molecule has 1 saturated heterocycles. The third kappa shape index (κ3) is 3.30. The molecule has 0 N–H and O–H groups in total. The third-order valence-corrected chi connectivity index (χ3v) is 3.97. The zero-order chi connectivity index (χ0) is 13.8. The van der Waals surface area contributed by atoms with E-state index < -0.39 is 0 Å². The largest absolute Gasteiger partial charge is 0.369 e.